The van der Waals surface area contributed by atoms with Crippen LogP contribution in [0.2, 0.25) is 0 Å². The number of nitrogens with one attached hydrogen (secondary N) is 2. The maximum absolute atomic E-state index is 11.7. The average Bonchev–Trinajstić information content (AvgIpc) is 3.17. The van der Waals surface area contributed by atoms with E-state index < -0.39 is 0 Å². The summed E-state index contributed by atoms with van der Waals surface area (Å²) in [6.45, 7) is 7.06. The topological polar surface area (TPSA) is 78.8 Å². The van der Waals surface area contributed by atoms with Gasteiger partial charge in [0.05, 0.1) is 11.7 Å². The van der Waals surface area contributed by atoms with Gasteiger partial charge in [-0.05, 0) is 39.3 Å². The molecular formula is C16H24N6O. The largest absolute Gasteiger partial charge is 0.354 e. The highest BCUT2D eigenvalue weighted by Crippen LogP contribution is 2.23. The summed E-state index contributed by atoms with van der Waals surface area (Å²) in [6.07, 6.45) is 4.14. The van der Waals surface area contributed by atoms with Gasteiger partial charge in [-0.2, -0.15) is 10.2 Å². The minimum atomic E-state index is -0.138. The Morgan fingerprint density at radius 3 is 3.00 bits per heavy atom. The Balaban J connectivity index is 1.68. The van der Waals surface area contributed by atoms with Crippen molar-refractivity contribution in [2.24, 2.45) is 0 Å². The number of aromatic amines is 1. The van der Waals surface area contributed by atoms with E-state index in [1.165, 1.54) is 5.56 Å². The highest BCUT2D eigenvalue weighted by molar-refractivity contribution is 5.91. The SMILES string of the molecule is CNC(=O)c1ccn([C@H]2CCCN(Cc3c(C)n[nH]c3C)C2)n1. The molecule has 7 heteroatoms. The van der Waals surface area contributed by atoms with Crippen LogP contribution >= 0.6 is 0 Å². The molecule has 7 nitrogen and oxygen atoms in total. The van der Waals surface area contributed by atoms with Gasteiger partial charge in [-0.1, -0.05) is 0 Å². The van der Waals surface area contributed by atoms with Crippen LogP contribution in [0.1, 0.15) is 46.3 Å². The first-order valence-corrected chi connectivity index (χ1v) is 8.08. The molecule has 2 aromatic rings. The molecule has 2 N–H and O–H groups in total. The van der Waals surface area contributed by atoms with Crippen molar-refractivity contribution in [1.82, 2.24) is 30.2 Å². The molecule has 1 saturated heterocycles. The predicted molar refractivity (Wildman–Crippen MR) is 87.2 cm³/mol. The average molecular weight is 316 g/mol. The summed E-state index contributed by atoms with van der Waals surface area (Å²) in [4.78, 5) is 14.1. The van der Waals surface area contributed by atoms with Crippen molar-refractivity contribution in [3.8, 4) is 0 Å². The molecule has 1 amide bonds. The number of aromatic nitrogens is 4. The summed E-state index contributed by atoms with van der Waals surface area (Å²) in [5, 5.41) is 14.4. The standard InChI is InChI=1S/C16H24N6O/c1-11-14(12(2)19-18-11)10-21-7-4-5-13(9-21)22-8-6-15(20-22)16(23)17-3/h6,8,13H,4-5,7,9-10H2,1-3H3,(H,17,23)(H,18,19)/t13-/m0/s1. The van der Waals surface area contributed by atoms with E-state index in [1.807, 2.05) is 17.8 Å². The summed E-state index contributed by atoms with van der Waals surface area (Å²) in [7, 11) is 1.62. The van der Waals surface area contributed by atoms with E-state index in [1.54, 1.807) is 13.1 Å². The Morgan fingerprint density at radius 1 is 1.48 bits per heavy atom. The molecular weight excluding hydrogens is 292 g/mol. The van der Waals surface area contributed by atoms with Crippen molar-refractivity contribution in [1.29, 1.82) is 0 Å². The van der Waals surface area contributed by atoms with Crippen LogP contribution in [0.5, 0.6) is 0 Å². The van der Waals surface area contributed by atoms with Crippen LogP contribution in [-0.4, -0.2) is 50.9 Å². The monoisotopic (exact) mass is 316 g/mol. The number of rotatable bonds is 4. The summed E-state index contributed by atoms with van der Waals surface area (Å²) < 4.78 is 1.94. The van der Waals surface area contributed by atoms with Crippen molar-refractivity contribution in [2.75, 3.05) is 20.1 Å². The van der Waals surface area contributed by atoms with Gasteiger partial charge in [-0.25, -0.2) is 0 Å². The Morgan fingerprint density at radius 2 is 2.30 bits per heavy atom. The van der Waals surface area contributed by atoms with Gasteiger partial charge in [0.1, 0.15) is 5.69 Å². The van der Waals surface area contributed by atoms with Gasteiger partial charge in [-0.3, -0.25) is 19.5 Å². The molecule has 0 aromatic carbocycles. The molecule has 0 aliphatic carbocycles. The third-order valence-electron chi connectivity index (χ3n) is 4.59. The first-order valence-electron chi connectivity index (χ1n) is 8.08. The minimum absolute atomic E-state index is 0.138. The number of aryl methyl sites for hydroxylation is 2. The lowest BCUT2D eigenvalue weighted by Gasteiger charge is -2.32. The van der Waals surface area contributed by atoms with Crippen molar-refractivity contribution in [2.45, 2.75) is 39.3 Å². The lowest BCUT2D eigenvalue weighted by atomic mass is 10.0. The molecule has 0 saturated carbocycles. The molecule has 0 bridgehead atoms. The predicted octanol–water partition coefficient (Wildman–Crippen LogP) is 1.42. The number of carbonyl (C=O) groups is 1. The molecule has 0 spiro atoms. The van der Waals surface area contributed by atoms with E-state index >= 15 is 0 Å². The van der Waals surface area contributed by atoms with Crippen molar-refractivity contribution >= 4 is 5.91 Å². The molecule has 3 heterocycles. The smallest absolute Gasteiger partial charge is 0.271 e. The zero-order chi connectivity index (χ0) is 16.4. The highest BCUT2D eigenvalue weighted by Gasteiger charge is 2.24. The second kappa shape index (κ2) is 6.54. The van der Waals surface area contributed by atoms with E-state index in [2.05, 4.69) is 32.4 Å². The third-order valence-corrected chi connectivity index (χ3v) is 4.59. The van der Waals surface area contributed by atoms with E-state index in [0.717, 1.165) is 43.9 Å². The van der Waals surface area contributed by atoms with Crippen LogP contribution in [0.3, 0.4) is 0 Å². The molecule has 124 valence electrons. The Bertz CT molecular complexity index is 669. The highest BCUT2D eigenvalue weighted by atomic mass is 16.1. The maximum Gasteiger partial charge on any atom is 0.271 e. The summed E-state index contributed by atoms with van der Waals surface area (Å²) in [5.74, 6) is -0.138. The van der Waals surface area contributed by atoms with Crippen molar-refractivity contribution in [3.63, 3.8) is 0 Å². The number of H-pyrrole nitrogens is 1. The van der Waals surface area contributed by atoms with Gasteiger partial charge in [0.2, 0.25) is 0 Å². The Hall–Kier alpha value is -2.15. The van der Waals surface area contributed by atoms with E-state index in [4.69, 9.17) is 0 Å². The minimum Gasteiger partial charge on any atom is -0.354 e. The molecule has 1 fully saturated rings. The molecule has 23 heavy (non-hydrogen) atoms. The van der Waals surface area contributed by atoms with E-state index in [0.29, 0.717) is 11.7 Å². The molecule has 3 rings (SSSR count). The van der Waals surface area contributed by atoms with Gasteiger partial charge in [0, 0.05) is 37.6 Å². The molecule has 0 radical (unpaired) electrons. The van der Waals surface area contributed by atoms with Crippen LogP contribution < -0.4 is 5.32 Å². The number of likely N-dealkylation sites (tertiary alicyclic amines) is 1. The van der Waals surface area contributed by atoms with Crippen LogP contribution in [0, 0.1) is 13.8 Å². The van der Waals surface area contributed by atoms with Crippen LogP contribution in [0.4, 0.5) is 0 Å². The van der Waals surface area contributed by atoms with Gasteiger partial charge in [-0.15, -0.1) is 0 Å². The fraction of sp³-hybridized carbons (Fsp3) is 0.562. The fourth-order valence-electron chi connectivity index (χ4n) is 3.21. The number of amides is 1. The lowest BCUT2D eigenvalue weighted by molar-refractivity contribution is 0.0955. The number of piperidine rings is 1. The number of hydrogen-bond donors (Lipinski definition) is 2. The number of hydrogen-bond acceptors (Lipinski definition) is 4. The number of nitrogens with zero attached hydrogens (tertiary/aromatic N) is 4. The zero-order valence-corrected chi connectivity index (χ0v) is 14.0. The zero-order valence-electron chi connectivity index (χ0n) is 14.0. The van der Waals surface area contributed by atoms with E-state index in [9.17, 15) is 4.79 Å². The maximum atomic E-state index is 11.7. The van der Waals surface area contributed by atoms with Gasteiger partial charge in [0.15, 0.2) is 0 Å². The van der Waals surface area contributed by atoms with Crippen molar-refractivity contribution < 1.29 is 4.79 Å². The van der Waals surface area contributed by atoms with Crippen LogP contribution in [0.25, 0.3) is 0 Å². The second-order valence-electron chi connectivity index (χ2n) is 6.20. The molecule has 1 aliphatic heterocycles. The number of carbonyl (C=O) groups excluding carboxylic acids is 1. The summed E-state index contributed by atoms with van der Waals surface area (Å²) >= 11 is 0. The summed E-state index contributed by atoms with van der Waals surface area (Å²) in [6, 6.07) is 2.09. The van der Waals surface area contributed by atoms with Crippen LogP contribution in [-0.2, 0) is 6.54 Å². The van der Waals surface area contributed by atoms with Gasteiger partial charge in [0.25, 0.3) is 5.91 Å². The molecule has 1 atom stereocenters. The first-order chi connectivity index (χ1) is 11.1. The molecule has 0 unspecified atom stereocenters. The third kappa shape index (κ3) is 3.29. The van der Waals surface area contributed by atoms with Gasteiger partial charge < -0.3 is 5.32 Å². The van der Waals surface area contributed by atoms with E-state index in [-0.39, 0.29) is 5.91 Å². The van der Waals surface area contributed by atoms with Gasteiger partial charge >= 0.3 is 0 Å². The van der Waals surface area contributed by atoms with Crippen LogP contribution in [0.15, 0.2) is 12.3 Å². The second-order valence-corrected chi connectivity index (χ2v) is 6.20. The normalized spacial score (nSPS) is 19.0. The first kappa shape index (κ1) is 15.7. The molecule has 1 aliphatic rings. The fourth-order valence-corrected chi connectivity index (χ4v) is 3.21. The lowest BCUT2D eigenvalue weighted by Crippen LogP contribution is -2.36. The quantitative estimate of drug-likeness (QED) is 0.894. The Kier molecular flexibility index (Phi) is 4.47. The Labute approximate surface area is 136 Å². The molecule has 2 aromatic heterocycles. The van der Waals surface area contributed by atoms with Crippen molar-refractivity contribution in [3.05, 3.63) is 34.9 Å². The summed E-state index contributed by atoms with van der Waals surface area (Å²) in [5.41, 5.74) is 3.99.